The number of aryl methyl sites for hydroxylation is 1. The lowest BCUT2D eigenvalue weighted by Crippen LogP contribution is -2.34. The Bertz CT molecular complexity index is 1110. The molecule has 0 saturated heterocycles. The number of nitrogens with one attached hydrogen (secondary N) is 1. The van der Waals surface area contributed by atoms with E-state index in [2.05, 4.69) is 5.32 Å². The molecule has 6 nitrogen and oxygen atoms in total. The number of ketones is 1. The molecule has 0 unspecified atom stereocenters. The lowest BCUT2D eigenvalue weighted by atomic mass is 10.1. The summed E-state index contributed by atoms with van der Waals surface area (Å²) in [5.41, 5.74) is 4.03. The molecular formula is C25H28FN3O3. The maximum absolute atomic E-state index is 13.2. The minimum Gasteiger partial charge on any atom is -0.497 e. The highest BCUT2D eigenvalue weighted by Crippen LogP contribution is 2.19. The van der Waals surface area contributed by atoms with Crippen molar-refractivity contribution in [1.29, 1.82) is 0 Å². The van der Waals surface area contributed by atoms with Crippen molar-refractivity contribution in [3.8, 4) is 5.75 Å². The van der Waals surface area contributed by atoms with Crippen molar-refractivity contribution in [2.24, 2.45) is 0 Å². The van der Waals surface area contributed by atoms with Crippen LogP contribution in [0.5, 0.6) is 5.75 Å². The summed E-state index contributed by atoms with van der Waals surface area (Å²) in [5, 5.41) is 2.81. The Hall–Kier alpha value is -3.45. The molecule has 1 heterocycles. The fourth-order valence-electron chi connectivity index (χ4n) is 3.63. The third-order valence-electron chi connectivity index (χ3n) is 5.31. The Morgan fingerprint density at radius 2 is 1.78 bits per heavy atom. The van der Waals surface area contributed by atoms with Crippen LogP contribution in [0, 0.1) is 19.7 Å². The number of hydrogen-bond donors (Lipinski definition) is 1. The molecule has 3 aromatic rings. The van der Waals surface area contributed by atoms with Gasteiger partial charge in [-0.05, 0) is 56.8 Å². The van der Waals surface area contributed by atoms with Gasteiger partial charge in [0.15, 0.2) is 5.78 Å². The van der Waals surface area contributed by atoms with Crippen molar-refractivity contribution in [2.75, 3.05) is 32.6 Å². The number of aromatic nitrogens is 1. The molecule has 0 spiro atoms. The van der Waals surface area contributed by atoms with Crippen LogP contribution >= 0.6 is 0 Å². The summed E-state index contributed by atoms with van der Waals surface area (Å²) in [5.74, 6) is 0.113. The van der Waals surface area contributed by atoms with E-state index in [0.717, 1.165) is 17.0 Å². The smallest absolute Gasteiger partial charge is 0.238 e. The zero-order valence-electron chi connectivity index (χ0n) is 18.8. The average Bonchev–Trinajstić information content (AvgIpc) is 3.03. The summed E-state index contributed by atoms with van der Waals surface area (Å²) >= 11 is 0. The number of nitrogens with zero attached hydrogens (tertiary/aromatic N) is 2. The Morgan fingerprint density at radius 1 is 1.06 bits per heavy atom. The normalized spacial score (nSPS) is 10.9. The van der Waals surface area contributed by atoms with Crippen molar-refractivity contribution in [1.82, 2.24) is 9.47 Å². The Labute approximate surface area is 187 Å². The van der Waals surface area contributed by atoms with Gasteiger partial charge in [0.25, 0.3) is 0 Å². The predicted octanol–water partition coefficient (Wildman–Crippen LogP) is 4.05. The maximum Gasteiger partial charge on any atom is 0.238 e. The van der Waals surface area contributed by atoms with Crippen molar-refractivity contribution >= 4 is 17.4 Å². The quantitative estimate of drug-likeness (QED) is 0.513. The highest BCUT2D eigenvalue weighted by Gasteiger charge is 2.18. The summed E-state index contributed by atoms with van der Waals surface area (Å²) in [4.78, 5) is 27.0. The van der Waals surface area contributed by atoms with Crippen LogP contribution in [0.4, 0.5) is 10.1 Å². The molecule has 3 rings (SSSR count). The second-order valence-electron chi connectivity index (χ2n) is 7.87. The summed E-state index contributed by atoms with van der Waals surface area (Å²) in [6.45, 7) is 4.60. The molecule has 0 radical (unpaired) electrons. The zero-order valence-corrected chi connectivity index (χ0v) is 18.8. The molecule has 1 amide bonds. The second-order valence-corrected chi connectivity index (χ2v) is 7.87. The van der Waals surface area contributed by atoms with E-state index in [1.807, 2.05) is 24.5 Å². The van der Waals surface area contributed by atoms with E-state index in [9.17, 15) is 14.0 Å². The molecule has 0 fully saturated rings. The summed E-state index contributed by atoms with van der Waals surface area (Å²) < 4.78 is 20.4. The fraction of sp³-hybridized carbons (Fsp3) is 0.280. The van der Waals surface area contributed by atoms with Crippen LogP contribution in [0.25, 0.3) is 0 Å². The molecular weight excluding hydrogens is 409 g/mol. The SMILES string of the molecule is COc1cccc(NC(=O)CN(C)CC(=O)c2cc(C)n(Cc3ccc(F)cc3)c2C)c1. The minimum absolute atomic E-state index is 0.0554. The number of halogens is 1. The van der Waals surface area contributed by atoms with Gasteiger partial charge in [-0.1, -0.05) is 18.2 Å². The van der Waals surface area contributed by atoms with Crippen molar-refractivity contribution < 1.29 is 18.7 Å². The van der Waals surface area contributed by atoms with Gasteiger partial charge in [0.2, 0.25) is 5.91 Å². The molecule has 0 aliphatic rings. The van der Waals surface area contributed by atoms with Gasteiger partial charge in [-0.3, -0.25) is 14.5 Å². The van der Waals surface area contributed by atoms with Gasteiger partial charge in [-0.25, -0.2) is 4.39 Å². The Morgan fingerprint density at radius 3 is 2.47 bits per heavy atom. The Kier molecular flexibility index (Phi) is 7.43. The van der Waals surface area contributed by atoms with E-state index >= 15 is 0 Å². The first-order chi connectivity index (χ1) is 15.3. The van der Waals surface area contributed by atoms with Crippen LogP contribution in [-0.2, 0) is 11.3 Å². The summed E-state index contributed by atoms with van der Waals surface area (Å²) in [6, 6.07) is 15.3. The van der Waals surface area contributed by atoms with Crippen LogP contribution < -0.4 is 10.1 Å². The maximum atomic E-state index is 13.2. The third-order valence-corrected chi connectivity index (χ3v) is 5.31. The Balaban J connectivity index is 1.61. The largest absolute Gasteiger partial charge is 0.497 e. The standard InChI is InChI=1S/C25H28FN3O3/c1-17-12-23(18(2)29(17)14-19-8-10-20(26)11-9-19)24(30)15-28(3)16-25(31)27-21-6-5-7-22(13-21)32-4/h5-13H,14-16H2,1-4H3,(H,27,31). The first-order valence-corrected chi connectivity index (χ1v) is 10.3. The molecule has 0 saturated carbocycles. The van der Waals surface area contributed by atoms with Crippen molar-refractivity contribution in [3.05, 3.63) is 82.9 Å². The number of carbonyl (C=O) groups is 2. The van der Waals surface area contributed by atoms with Gasteiger partial charge >= 0.3 is 0 Å². The van der Waals surface area contributed by atoms with Gasteiger partial charge < -0.3 is 14.6 Å². The molecule has 0 aliphatic heterocycles. The van der Waals surface area contributed by atoms with Gasteiger partial charge in [0, 0.05) is 35.2 Å². The van der Waals surface area contributed by atoms with E-state index in [0.29, 0.717) is 23.5 Å². The van der Waals surface area contributed by atoms with Crippen molar-refractivity contribution in [2.45, 2.75) is 20.4 Å². The van der Waals surface area contributed by atoms with Crippen LogP contribution in [0.3, 0.4) is 0 Å². The first kappa shape index (κ1) is 23.2. The summed E-state index contributed by atoms with van der Waals surface area (Å²) in [7, 11) is 3.30. The van der Waals surface area contributed by atoms with E-state index in [1.165, 1.54) is 12.1 Å². The van der Waals surface area contributed by atoms with Gasteiger partial charge in [-0.15, -0.1) is 0 Å². The molecule has 1 N–H and O–H groups in total. The van der Waals surface area contributed by atoms with Gasteiger partial charge in [-0.2, -0.15) is 0 Å². The molecule has 32 heavy (non-hydrogen) atoms. The molecule has 1 aromatic heterocycles. The number of carbonyl (C=O) groups excluding carboxylic acids is 2. The van der Waals surface area contributed by atoms with Crippen LogP contribution in [0.1, 0.15) is 27.3 Å². The average molecular weight is 438 g/mol. The number of amides is 1. The van der Waals surface area contributed by atoms with E-state index in [4.69, 9.17) is 4.74 Å². The number of rotatable bonds is 9. The number of benzene rings is 2. The lowest BCUT2D eigenvalue weighted by Gasteiger charge is -2.16. The molecule has 0 aliphatic carbocycles. The monoisotopic (exact) mass is 437 g/mol. The molecule has 7 heteroatoms. The second kappa shape index (κ2) is 10.2. The van der Waals surface area contributed by atoms with E-state index < -0.39 is 0 Å². The fourth-order valence-corrected chi connectivity index (χ4v) is 3.63. The number of Topliss-reactive ketones (excluding diaryl/α,β-unsaturated/α-hetero) is 1. The summed E-state index contributed by atoms with van der Waals surface area (Å²) in [6.07, 6.45) is 0. The van der Waals surface area contributed by atoms with Crippen LogP contribution in [-0.4, -0.2) is 48.4 Å². The number of hydrogen-bond acceptors (Lipinski definition) is 4. The van der Waals surface area contributed by atoms with Crippen LogP contribution in [0.2, 0.25) is 0 Å². The molecule has 0 atom stereocenters. The first-order valence-electron chi connectivity index (χ1n) is 10.3. The third kappa shape index (κ3) is 5.82. The van der Waals surface area contributed by atoms with E-state index in [-0.39, 0.29) is 30.6 Å². The zero-order chi connectivity index (χ0) is 23.3. The lowest BCUT2D eigenvalue weighted by molar-refractivity contribution is -0.116. The molecule has 0 bridgehead atoms. The van der Waals surface area contributed by atoms with Gasteiger partial charge in [0.1, 0.15) is 11.6 Å². The number of anilines is 1. The van der Waals surface area contributed by atoms with E-state index in [1.54, 1.807) is 55.5 Å². The number of ether oxygens (including phenoxy) is 1. The molecule has 2 aromatic carbocycles. The highest BCUT2D eigenvalue weighted by molar-refractivity contribution is 5.99. The predicted molar refractivity (Wildman–Crippen MR) is 123 cm³/mol. The number of likely N-dealkylation sites (N-methyl/N-ethyl adjacent to an activating group) is 1. The van der Waals surface area contributed by atoms with Gasteiger partial charge in [0.05, 0.1) is 20.2 Å². The molecule has 168 valence electrons. The van der Waals surface area contributed by atoms with Crippen molar-refractivity contribution in [3.63, 3.8) is 0 Å². The number of methoxy groups -OCH3 is 1. The minimum atomic E-state index is -0.274. The highest BCUT2D eigenvalue weighted by atomic mass is 19.1. The van der Waals surface area contributed by atoms with Crippen LogP contribution in [0.15, 0.2) is 54.6 Å². The topological polar surface area (TPSA) is 63.6 Å².